The van der Waals surface area contributed by atoms with Crippen molar-refractivity contribution >= 4 is 11.8 Å². The Kier molecular flexibility index (Phi) is 4.13. The van der Waals surface area contributed by atoms with Crippen molar-refractivity contribution in [2.75, 3.05) is 0 Å². The van der Waals surface area contributed by atoms with Crippen LogP contribution >= 0.6 is 0 Å². The molecule has 2 atom stereocenters. The molecule has 1 aromatic rings. The Morgan fingerprint density at radius 3 is 2.67 bits per heavy atom. The van der Waals surface area contributed by atoms with Crippen molar-refractivity contribution in [2.45, 2.75) is 32.8 Å². The van der Waals surface area contributed by atoms with Crippen LogP contribution in [0.4, 0.5) is 0 Å². The fourth-order valence-corrected chi connectivity index (χ4v) is 2.43. The Hall–Kier alpha value is -1.64. The van der Waals surface area contributed by atoms with Crippen molar-refractivity contribution in [1.29, 1.82) is 0 Å². The summed E-state index contributed by atoms with van der Waals surface area (Å²) in [5, 5.41) is 0. The van der Waals surface area contributed by atoms with Crippen LogP contribution in [0.2, 0.25) is 0 Å². The molecule has 1 aliphatic rings. The van der Waals surface area contributed by atoms with Crippen molar-refractivity contribution in [3.05, 3.63) is 35.9 Å². The lowest BCUT2D eigenvalue weighted by Crippen LogP contribution is -2.28. The van der Waals surface area contributed by atoms with E-state index in [1.807, 2.05) is 37.3 Å². The van der Waals surface area contributed by atoms with Crippen molar-refractivity contribution < 1.29 is 14.3 Å². The molecule has 0 radical (unpaired) electrons. The molecule has 0 saturated heterocycles. The number of Topliss-reactive ketones (excluding diaryl/α,β-unsaturated/α-hetero) is 1. The monoisotopic (exact) mass is 246 g/mol. The molecule has 3 nitrogen and oxygen atoms in total. The second kappa shape index (κ2) is 5.80. The fraction of sp³-hybridized carbons (Fsp3) is 0.467. The number of ketones is 1. The summed E-state index contributed by atoms with van der Waals surface area (Å²) in [6.07, 6.45) is 1.71. The maximum absolute atomic E-state index is 11.9. The van der Waals surface area contributed by atoms with E-state index >= 15 is 0 Å². The molecular weight excluding hydrogens is 228 g/mol. The van der Waals surface area contributed by atoms with Gasteiger partial charge in [-0.1, -0.05) is 37.3 Å². The van der Waals surface area contributed by atoms with Gasteiger partial charge in [0.15, 0.2) is 0 Å². The van der Waals surface area contributed by atoms with Crippen LogP contribution < -0.4 is 0 Å². The molecule has 18 heavy (non-hydrogen) atoms. The van der Waals surface area contributed by atoms with E-state index in [2.05, 4.69) is 0 Å². The highest BCUT2D eigenvalue weighted by Gasteiger charge is 2.30. The number of carbonyl (C=O) groups excluding carboxylic acids is 2. The maximum atomic E-state index is 11.9. The van der Waals surface area contributed by atoms with E-state index < -0.39 is 0 Å². The Bertz CT molecular complexity index is 425. The highest BCUT2D eigenvalue weighted by atomic mass is 16.5. The molecule has 2 rings (SSSR count). The predicted octanol–water partition coefficient (Wildman–Crippen LogP) is 2.74. The zero-order valence-electron chi connectivity index (χ0n) is 10.6. The number of esters is 1. The van der Waals surface area contributed by atoms with Crippen LogP contribution in [0.25, 0.3) is 0 Å². The van der Waals surface area contributed by atoms with Crippen LogP contribution in [0.5, 0.6) is 0 Å². The van der Waals surface area contributed by atoms with Gasteiger partial charge in [0.25, 0.3) is 0 Å². The molecule has 1 aromatic carbocycles. The van der Waals surface area contributed by atoms with Crippen LogP contribution in [0, 0.1) is 11.8 Å². The van der Waals surface area contributed by atoms with Gasteiger partial charge < -0.3 is 4.74 Å². The summed E-state index contributed by atoms with van der Waals surface area (Å²) in [5.74, 6) is -0.0142. The van der Waals surface area contributed by atoms with E-state index in [0.29, 0.717) is 25.4 Å². The van der Waals surface area contributed by atoms with Gasteiger partial charge in [0.2, 0.25) is 0 Å². The number of carbonyl (C=O) groups is 2. The van der Waals surface area contributed by atoms with Gasteiger partial charge in [0, 0.05) is 12.8 Å². The molecule has 0 unspecified atom stereocenters. The molecule has 1 aliphatic carbocycles. The molecule has 0 aromatic heterocycles. The first-order chi connectivity index (χ1) is 8.65. The third kappa shape index (κ3) is 3.42. The quantitative estimate of drug-likeness (QED) is 0.770. The third-order valence-corrected chi connectivity index (χ3v) is 3.29. The van der Waals surface area contributed by atoms with E-state index in [4.69, 9.17) is 4.74 Å². The molecule has 1 saturated carbocycles. The van der Waals surface area contributed by atoms with Crippen molar-refractivity contribution in [2.24, 2.45) is 11.8 Å². The predicted molar refractivity (Wildman–Crippen MR) is 67.8 cm³/mol. The Labute approximate surface area is 107 Å². The molecule has 0 spiro atoms. The van der Waals surface area contributed by atoms with Gasteiger partial charge >= 0.3 is 5.97 Å². The molecule has 0 aliphatic heterocycles. The van der Waals surface area contributed by atoms with Gasteiger partial charge in [-0.25, -0.2) is 0 Å². The lowest BCUT2D eigenvalue weighted by atomic mass is 9.82. The van der Waals surface area contributed by atoms with E-state index in [9.17, 15) is 9.59 Å². The Morgan fingerprint density at radius 1 is 1.28 bits per heavy atom. The minimum Gasteiger partial charge on any atom is -0.461 e. The summed E-state index contributed by atoms with van der Waals surface area (Å²) in [6.45, 7) is 2.30. The summed E-state index contributed by atoms with van der Waals surface area (Å²) < 4.78 is 5.27. The van der Waals surface area contributed by atoms with Crippen LogP contribution in [0.1, 0.15) is 31.7 Å². The van der Waals surface area contributed by atoms with E-state index in [-0.39, 0.29) is 17.7 Å². The molecule has 0 amide bonds. The van der Waals surface area contributed by atoms with Crippen LogP contribution in [-0.2, 0) is 20.9 Å². The summed E-state index contributed by atoms with van der Waals surface area (Å²) in [6, 6.07) is 9.58. The third-order valence-electron chi connectivity index (χ3n) is 3.29. The van der Waals surface area contributed by atoms with Crippen LogP contribution in [0.15, 0.2) is 30.3 Å². The number of benzene rings is 1. The first-order valence-corrected chi connectivity index (χ1v) is 6.37. The fourth-order valence-electron chi connectivity index (χ4n) is 2.43. The van der Waals surface area contributed by atoms with Crippen molar-refractivity contribution in [3.8, 4) is 0 Å². The molecule has 0 N–H and O–H groups in total. The number of ether oxygens (including phenoxy) is 1. The second-order valence-corrected chi connectivity index (χ2v) is 5.08. The van der Waals surface area contributed by atoms with Gasteiger partial charge in [-0.2, -0.15) is 0 Å². The Balaban J connectivity index is 1.86. The average Bonchev–Trinajstić information content (AvgIpc) is 2.36. The van der Waals surface area contributed by atoms with Gasteiger partial charge in [0.1, 0.15) is 12.4 Å². The largest absolute Gasteiger partial charge is 0.461 e. The van der Waals surface area contributed by atoms with E-state index in [0.717, 1.165) is 12.0 Å². The van der Waals surface area contributed by atoms with Gasteiger partial charge in [-0.3, -0.25) is 9.59 Å². The van der Waals surface area contributed by atoms with Crippen molar-refractivity contribution in [3.63, 3.8) is 0 Å². The SMILES string of the molecule is C[C@@H]1CC(=O)C[C@@H](C(=O)OCc2ccccc2)C1. The minimum atomic E-state index is -0.245. The van der Waals surface area contributed by atoms with E-state index in [1.54, 1.807) is 0 Å². The first-order valence-electron chi connectivity index (χ1n) is 6.37. The first kappa shape index (κ1) is 12.8. The summed E-state index contributed by atoms with van der Waals surface area (Å²) in [7, 11) is 0. The number of hydrogen-bond acceptors (Lipinski definition) is 3. The van der Waals surface area contributed by atoms with Gasteiger partial charge in [-0.15, -0.1) is 0 Å². The van der Waals surface area contributed by atoms with Crippen molar-refractivity contribution in [1.82, 2.24) is 0 Å². The zero-order chi connectivity index (χ0) is 13.0. The standard InChI is InChI=1S/C15H18O3/c1-11-7-13(9-14(16)8-11)15(17)18-10-12-5-3-2-4-6-12/h2-6,11,13H,7-10H2,1H3/t11-,13-/m0/s1. The lowest BCUT2D eigenvalue weighted by molar-refractivity contribution is -0.153. The summed E-state index contributed by atoms with van der Waals surface area (Å²) in [5.41, 5.74) is 0.973. The van der Waals surface area contributed by atoms with Gasteiger partial charge in [0.05, 0.1) is 5.92 Å². The zero-order valence-corrected chi connectivity index (χ0v) is 10.6. The van der Waals surface area contributed by atoms with Crippen LogP contribution in [0.3, 0.4) is 0 Å². The van der Waals surface area contributed by atoms with Crippen LogP contribution in [-0.4, -0.2) is 11.8 Å². The van der Waals surface area contributed by atoms with E-state index in [1.165, 1.54) is 0 Å². The second-order valence-electron chi connectivity index (χ2n) is 5.08. The lowest BCUT2D eigenvalue weighted by Gasteiger charge is -2.24. The minimum absolute atomic E-state index is 0.176. The highest BCUT2D eigenvalue weighted by molar-refractivity contribution is 5.85. The molecular formula is C15H18O3. The van der Waals surface area contributed by atoms with Gasteiger partial charge in [-0.05, 0) is 17.9 Å². The summed E-state index contributed by atoms with van der Waals surface area (Å²) in [4.78, 5) is 23.3. The maximum Gasteiger partial charge on any atom is 0.309 e. The summed E-state index contributed by atoms with van der Waals surface area (Å²) >= 11 is 0. The smallest absolute Gasteiger partial charge is 0.309 e. The number of rotatable bonds is 3. The number of hydrogen-bond donors (Lipinski definition) is 0. The topological polar surface area (TPSA) is 43.4 Å². The molecule has 1 fully saturated rings. The molecule has 3 heteroatoms. The molecule has 96 valence electrons. The molecule has 0 heterocycles. The highest BCUT2D eigenvalue weighted by Crippen LogP contribution is 2.27. The molecule has 0 bridgehead atoms. The normalized spacial score (nSPS) is 23.7. The average molecular weight is 246 g/mol. The Morgan fingerprint density at radius 2 is 2.00 bits per heavy atom.